The van der Waals surface area contributed by atoms with Gasteiger partial charge in [0.05, 0.1) is 12.7 Å². The van der Waals surface area contributed by atoms with Crippen molar-refractivity contribution in [1.82, 2.24) is 4.90 Å². The van der Waals surface area contributed by atoms with E-state index in [0.717, 1.165) is 31.5 Å². The van der Waals surface area contributed by atoms with Gasteiger partial charge in [-0.3, -0.25) is 19.3 Å². The quantitative estimate of drug-likeness (QED) is 0.351. The fraction of sp³-hybridized carbons (Fsp3) is 0.567. The van der Waals surface area contributed by atoms with Crippen LogP contribution in [0.5, 0.6) is 11.5 Å². The number of rotatable bonds is 4. The molecule has 2 fully saturated rings. The van der Waals surface area contributed by atoms with Crippen LogP contribution in [0, 0.1) is 23.2 Å². The Morgan fingerprint density at radius 3 is 2.38 bits per heavy atom. The number of hydrogen-bond donors (Lipinski definition) is 5. The van der Waals surface area contributed by atoms with Crippen molar-refractivity contribution in [1.29, 1.82) is 0 Å². The molecule has 4 aliphatic rings. The Kier molecular flexibility index (Phi) is 6.78. The lowest BCUT2D eigenvalue weighted by Crippen LogP contribution is -2.58. The molecule has 1 amide bonds. The molecule has 1 aliphatic heterocycles. The van der Waals surface area contributed by atoms with Crippen molar-refractivity contribution in [3.05, 3.63) is 39.7 Å². The van der Waals surface area contributed by atoms with Crippen molar-refractivity contribution in [3.63, 3.8) is 0 Å². The summed E-state index contributed by atoms with van der Waals surface area (Å²) in [5.41, 5.74) is 3.30. The number of fused-ring (bicyclic) bond motifs is 3. The standard InChI is InChI=1S/C30H38N2O8/c1-29(2,3)16-5-7-32(8-6-16)13-15-11-19(33)22-18(25(15)40-4)10-14-9-17-12-20(34)23(28(31)38)27(37)30(17,39)26(36)21(14)24(22)35/h11,14,16-17,33,35,37,39H,5-10,12-13H2,1-4H3,(H2,31,38)/t14?,17-,30-/m0/s1. The summed E-state index contributed by atoms with van der Waals surface area (Å²) in [5, 5.41) is 44.5. The summed E-state index contributed by atoms with van der Waals surface area (Å²) < 4.78 is 5.81. The minimum Gasteiger partial charge on any atom is -0.508 e. The van der Waals surface area contributed by atoms with Gasteiger partial charge in [0, 0.05) is 35.6 Å². The minimum atomic E-state index is -2.57. The largest absolute Gasteiger partial charge is 0.508 e. The summed E-state index contributed by atoms with van der Waals surface area (Å²) in [6, 6.07) is 1.54. The molecule has 1 unspecified atom stereocenters. The van der Waals surface area contributed by atoms with E-state index >= 15 is 0 Å². The van der Waals surface area contributed by atoms with Gasteiger partial charge in [0.25, 0.3) is 5.91 Å². The Hall–Kier alpha value is -3.37. The molecule has 1 aromatic carbocycles. The maximum Gasteiger partial charge on any atom is 0.255 e. The molecule has 1 heterocycles. The average Bonchev–Trinajstić information content (AvgIpc) is 2.86. The monoisotopic (exact) mass is 554 g/mol. The maximum atomic E-state index is 13.7. The average molecular weight is 555 g/mol. The van der Waals surface area contributed by atoms with E-state index in [2.05, 4.69) is 25.7 Å². The van der Waals surface area contributed by atoms with Crippen molar-refractivity contribution in [3.8, 4) is 11.5 Å². The van der Waals surface area contributed by atoms with Gasteiger partial charge in [-0.15, -0.1) is 0 Å². The van der Waals surface area contributed by atoms with Crippen LogP contribution in [0.2, 0.25) is 0 Å². The van der Waals surface area contributed by atoms with Crippen LogP contribution in [0.4, 0.5) is 0 Å². The van der Waals surface area contributed by atoms with Crippen LogP contribution in [-0.4, -0.2) is 68.6 Å². The third-order valence-electron chi connectivity index (χ3n) is 9.50. The Balaban J connectivity index is 1.52. The van der Waals surface area contributed by atoms with E-state index in [9.17, 15) is 34.8 Å². The highest BCUT2D eigenvalue weighted by atomic mass is 16.5. The molecular weight excluding hydrogens is 516 g/mol. The maximum absolute atomic E-state index is 13.7. The Morgan fingerprint density at radius 2 is 1.80 bits per heavy atom. The Labute approximate surface area is 233 Å². The molecule has 40 heavy (non-hydrogen) atoms. The third-order valence-corrected chi connectivity index (χ3v) is 9.50. The van der Waals surface area contributed by atoms with Gasteiger partial charge < -0.3 is 30.9 Å². The summed E-state index contributed by atoms with van der Waals surface area (Å²) in [6.07, 6.45) is 2.08. The van der Waals surface area contributed by atoms with Crippen LogP contribution in [-0.2, 0) is 27.3 Å². The van der Waals surface area contributed by atoms with Gasteiger partial charge >= 0.3 is 0 Å². The number of nitrogens with zero attached hydrogens (tertiary/aromatic N) is 1. The van der Waals surface area contributed by atoms with Crippen molar-refractivity contribution in [2.24, 2.45) is 28.9 Å². The molecule has 216 valence electrons. The van der Waals surface area contributed by atoms with E-state index in [-0.39, 0.29) is 41.6 Å². The molecule has 3 aliphatic carbocycles. The van der Waals surface area contributed by atoms with Crippen molar-refractivity contribution < 1.29 is 39.5 Å². The fourth-order valence-corrected chi connectivity index (χ4v) is 7.30. The first kappa shape index (κ1) is 28.2. The van der Waals surface area contributed by atoms with Crippen LogP contribution in [0.3, 0.4) is 0 Å². The van der Waals surface area contributed by atoms with Crippen LogP contribution in [0.15, 0.2) is 23.0 Å². The molecule has 0 bridgehead atoms. The number of aliphatic hydroxyl groups is 3. The number of benzene rings is 1. The summed E-state index contributed by atoms with van der Waals surface area (Å²) in [5.74, 6) is -5.28. The first-order chi connectivity index (χ1) is 18.7. The van der Waals surface area contributed by atoms with E-state index in [1.807, 2.05) is 0 Å². The molecule has 6 N–H and O–H groups in total. The van der Waals surface area contributed by atoms with Crippen LogP contribution < -0.4 is 10.5 Å². The Bertz CT molecular complexity index is 1360. The third kappa shape index (κ3) is 4.19. The number of amides is 1. The number of phenols is 1. The number of aliphatic hydroxyl groups excluding tert-OH is 2. The summed E-state index contributed by atoms with van der Waals surface area (Å²) >= 11 is 0. The summed E-state index contributed by atoms with van der Waals surface area (Å²) in [6.45, 7) is 9.16. The van der Waals surface area contributed by atoms with Crippen molar-refractivity contribution in [2.45, 2.75) is 65.0 Å². The second-order valence-corrected chi connectivity index (χ2v) is 12.8. The normalized spacial score (nSPS) is 27.8. The zero-order chi connectivity index (χ0) is 29.3. The van der Waals surface area contributed by atoms with E-state index in [1.54, 1.807) is 0 Å². The molecule has 3 atom stereocenters. The SMILES string of the molecule is COc1c(CN2CCC(C(C)(C)C)CC2)cc(O)c2c1CC1C[C@H]3CC(=O)C(C(N)=O)=C(O)[C@@]3(O)C(=O)C1=C2O. The number of carbonyl (C=O) groups excluding carboxylic acids is 3. The molecule has 10 heteroatoms. The number of aromatic hydroxyl groups is 1. The lowest BCUT2D eigenvalue weighted by Gasteiger charge is -2.46. The number of nitrogens with two attached hydrogens (primary N) is 1. The first-order valence-electron chi connectivity index (χ1n) is 13.8. The molecule has 1 aromatic rings. The lowest BCUT2D eigenvalue weighted by atomic mass is 9.59. The van der Waals surface area contributed by atoms with Crippen LogP contribution >= 0.6 is 0 Å². The van der Waals surface area contributed by atoms with E-state index in [4.69, 9.17) is 10.5 Å². The number of phenolic OH excluding ortho intramolecular Hbond substituents is 1. The van der Waals surface area contributed by atoms with Gasteiger partial charge in [0.15, 0.2) is 11.4 Å². The van der Waals surface area contributed by atoms with Gasteiger partial charge in [-0.05, 0) is 62.1 Å². The predicted molar refractivity (Wildman–Crippen MR) is 145 cm³/mol. The number of ether oxygens (including phenoxy) is 1. The molecule has 1 saturated carbocycles. The Morgan fingerprint density at radius 1 is 1.15 bits per heavy atom. The van der Waals surface area contributed by atoms with E-state index < -0.39 is 52.0 Å². The second-order valence-electron chi connectivity index (χ2n) is 12.8. The summed E-state index contributed by atoms with van der Waals surface area (Å²) in [4.78, 5) is 40.4. The van der Waals surface area contributed by atoms with E-state index in [0.29, 0.717) is 23.8 Å². The van der Waals surface area contributed by atoms with Crippen LogP contribution in [0.1, 0.15) is 63.1 Å². The van der Waals surface area contributed by atoms with Gasteiger partial charge in [0.1, 0.15) is 28.6 Å². The molecule has 0 radical (unpaired) electrons. The number of primary amides is 1. The number of Topliss-reactive ketones (excluding diaryl/α,β-unsaturated/α-hetero) is 2. The van der Waals surface area contributed by atoms with Gasteiger partial charge in [0.2, 0.25) is 5.78 Å². The zero-order valence-electron chi connectivity index (χ0n) is 23.4. The van der Waals surface area contributed by atoms with E-state index in [1.165, 1.54) is 13.2 Å². The molecule has 5 rings (SSSR count). The number of methoxy groups -OCH3 is 1. The van der Waals surface area contributed by atoms with Gasteiger partial charge in [-0.2, -0.15) is 0 Å². The number of ketones is 2. The van der Waals surface area contributed by atoms with Gasteiger partial charge in [-0.25, -0.2) is 0 Å². The number of carbonyl (C=O) groups is 3. The predicted octanol–water partition coefficient (Wildman–Crippen LogP) is 2.69. The zero-order valence-corrected chi connectivity index (χ0v) is 23.4. The highest BCUT2D eigenvalue weighted by molar-refractivity contribution is 6.22. The first-order valence-corrected chi connectivity index (χ1v) is 13.8. The van der Waals surface area contributed by atoms with Crippen LogP contribution in [0.25, 0.3) is 5.76 Å². The van der Waals surface area contributed by atoms with Gasteiger partial charge in [-0.1, -0.05) is 20.8 Å². The smallest absolute Gasteiger partial charge is 0.255 e. The highest BCUT2D eigenvalue weighted by Crippen LogP contribution is 2.53. The molecule has 1 saturated heterocycles. The molecule has 10 nitrogen and oxygen atoms in total. The summed E-state index contributed by atoms with van der Waals surface area (Å²) in [7, 11) is 1.52. The highest BCUT2D eigenvalue weighted by Gasteiger charge is 2.60. The number of piperidine rings is 1. The minimum absolute atomic E-state index is 0.0409. The second kappa shape index (κ2) is 9.62. The van der Waals surface area contributed by atoms with Crippen molar-refractivity contribution in [2.75, 3.05) is 20.2 Å². The molecule has 0 aromatic heterocycles. The number of likely N-dealkylation sites (tertiary alicyclic amines) is 1. The topological polar surface area (TPSA) is 171 Å². The lowest BCUT2D eigenvalue weighted by molar-refractivity contribution is -0.147. The number of hydrogen-bond acceptors (Lipinski definition) is 9. The molecular formula is C30H38N2O8. The fourth-order valence-electron chi connectivity index (χ4n) is 7.30. The molecule has 0 spiro atoms. The van der Waals surface area contributed by atoms with Crippen molar-refractivity contribution >= 4 is 23.2 Å².